The van der Waals surface area contributed by atoms with E-state index in [1.54, 1.807) is 29.6 Å². The quantitative estimate of drug-likeness (QED) is 0.0854. The average Bonchev–Trinajstić information content (AvgIpc) is 4.35. The van der Waals surface area contributed by atoms with E-state index in [0.29, 0.717) is 32.3 Å². The van der Waals surface area contributed by atoms with Gasteiger partial charge in [0, 0.05) is 44.6 Å². The Morgan fingerprint density at radius 3 is 2.00 bits per heavy atom. The number of esters is 2. The molecular weight excluding hydrogens is 1100 g/mol. The van der Waals surface area contributed by atoms with Gasteiger partial charge in [0.05, 0.1) is 61.0 Å². The molecule has 0 unspecified atom stereocenters. The number of carbonyl (C=O) groups excluding carboxylic acids is 4. The first-order valence-corrected chi connectivity index (χ1v) is 26.3. The van der Waals surface area contributed by atoms with Crippen molar-refractivity contribution in [3.8, 4) is 28.6 Å². The number of hydrogen-bond donors (Lipinski definition) is 2. The molecule has 392 valence electrons. The number of halogens is 2. The molecule has 10 aromatic rings. The van der Waals surface area contributed by atoms with Crippen molar-refractivity contribution >= 4 is 92.8 Å². The van der Waals surface area contributed by atoms with Crippen LogP contribution in [0.3, 0.4) is 0 Å². The number of hydrogen-bond acceptors (Lipinski definition) is 19. The Hall–Kier alpha value is -9.05. The van der Waals surface area contributed by atoms with Crippen LogP contribution < -0.4 is 21.8 Å². The Bertz CT molecular complexity index is 3970. The predicted octanol–water partition coefficient (Wildman–Crippen LogP) is 9.44. The Labute approximate surface area is 464 Å². The monoisotopic (exact) mass is 1140 g/mol. The molecule has 0 atom stereocenters. The van der Waals surface area contributed by atoms with Crippen molar-refractivity contribution in [2.24, 2.45) is 0 Å². The molecule has 0 amide bonds. The maximum absolute atomic E-state index is 13.4. The number of pyridine rings is 2. The van der Waals surface area contributed by atoms with Gasteiger partial charge in [-0.1, -0.05) is 83.9 Å². The van der Waals surface area contributed by atoms with E-state index < -0.39 is 34.9 Å². The third-order valence-electron chi connectivity index (χ3n) is 11.5. The van der Waals surface area contributed by atoms with E-state index in [-0.39, 0.29) is 65.0 Å². The summed E-state index contributed by atoms with van der Waals surface area (Å²) >= 11 is 16.0. The highest BCUT2D eigenvalue weighted by Gasteiger charge is 2.28. The lowest BCUT2D eigenvalue weighted by Crippen LogP contribution is -2.27. The number of carbonyl (C=O) groups is 4. The molecule has 2 N–H and O–H groups in total. The van der Waals surface area contributed by atoms with Gasteiger partial charge in [-0.05, 0) is 65.1 Å². The molecule has 0 fully saturated rings. The molecule has 2 aromatic carbocycles. The molecule has 0 radical (unpaired) electrons. The fourth-order valence-electron chi connectivity index (χ4n) is 7.80. The van der Waals surface area contributed by atoms with Crippen molar-refractivity contribution in [1.29, 1.82) is 5.26 Å². The summed E-state index contributed by atoms with van der Waals surface area (Å²) in [5, 5.41) is 27.1. The smallest absolute Gasteiger partial charge is 0.354 e. The number of nitrogens with zero attached hydrogens (tertiary/aromatic N) is 9. The molecular formula is C53H39Cl2N11O9S3. The molecule has 0 aliphatic carbocycles. The van der Waals surface area contributed by atoms with Gasteiger partial charge in [-0.3, -0.25) is 23.7 Å². The summed E-state index contributed by atoms with van der Waals surface area (Å²) in [6, 6.07) is 35.2. The third kappa shape index (κ3) is 12.1. The Balaban J connectivity index is 0.000000190. The van der Waals surface area contributed by atoms with Crippen LogP contribution in [0.1, 0.15) is 68.3 Å². The third-order valence-corrected chi connectivity index (χ3v) is 14.5. The largest absolute Gasteiger partial charge is 0.465 e. The summed E-state index contributed by atoms with van der Waals surface area (Å²) in [6.45, 7) is 0.974. The van der Waals surface area contributed by atoms with Crippen LogP contribution in [0, 0.1) is 11.3 Å². The van der Waals surface area contributed by atoms with Crippen LogP contribution in [0.4, 0.5) is 11.6 Å². The van der Waals surface area contributed by atoms with Crippen LogP contribution in [0.15, 0.2) is 153 Å². The van der Waals surface area contributed by atoms with Gasteiger partial charge >= 0.3 is 17.8 Å². The first-order valence-electron chi connectivity index (χ1n) is 23.0. The fourth-order valence-corrected chi connectivity index (χ4v) is 10.4. The van der Waals surface area contributed by atoms with E-state index in [1.165, 1.54) is 76.6 Å². The Kier molecular flexibility index (Phi) is 16.8. The number of thiophene rings is 2. The molecule has 10 rings (SSSR count). The van der Waals surface area contributed by atoms with Gasteiger partial charge in [0.25, 0.3) is 17.0 Å². The molecule has 20 nitrogen and oxygen atoms in total. The number of rotatable bonds is 16. The van der Waals surface area contributed by atoms with Crippen molar-refractivity contribution in [3.05, 3.63) is 218 Å². The predicted molar refractivity (Wildman–Crippen MR) is 294 cm³/mol. The lowest BCUT2D eigenvalue weighted by Gasteiger charge is -2.12. The number of methoxy groups -OCH3 is 2. The van der Waals surface area contributed by atoms with E-state index in [0.717, 1.165) is 48.2 Å². The number of ether oxygens (including phenoxy) is 2. The zero-order valence-corrected chi connectivity index (χ0v) is 44.7. The highest BCUT2D eigenvalue weighted by Crippen LogP contribution is 2.32. The zero-order chi connectivity index (χ0) is 54.9. The normalized spacial score (nSPS) is 10.8. The first kappa shape index (κ1) is 53.8. The van der Waals surface area contributed by atoms with Gasteiger partial charge < -0.3 is 29.1 Å². The molecule has 8 heterocycles. The van der Waals surface area contributed by atoms with Gasteiger partial charge in [-0.2, -0.15) is 29.2 Å². The second kappa shape index (κ2) is 24.3. The minimum absolute atomic E-state index is 0.0182. The summed E-state index contributed by atoms with van der Waals surface area (Å²) in [6.07, 6.45) is 3.94. The van der Waals surface area contributed by atoms with Crippen LogP contribution in [-0.2, 0) is 35.7 Å². The minimum Gasteiger partial charge on any atom is -0.465 e. The number of aromatic nitrogens is 8. The summed E-state index contributed by atoms with van der Waals surface area (Å²) in [5.74, 6) is -2.16. The maximum atomic E-state index is 13.4. The second-order valence-electron chi connectivity index (χ2n) is 16.5. The highest BCUT2D eigenvalue weighted by molar-refractivity contribution is 7.16. The molecule has 0 saturated heterocycles. The number of oxazole rings is 1. The molecule has 0 bridgehead atoms. The minimum atomic E-state index is -0.835. The Morgan fingerprint density at radius 2 is 1.41 bits per heavy atom. The summed E-state index contributed by atoms with van der Waals surface area (Å²) in [5.41, 5.74) is 1.69. The van der Waals surface area contributed by atoms with E-state index >= 15 is 0 Å². The number of anilines is 2. The zero-order valence-electron chi connectivity index (χ0n) is 40.8. The standard InChI is InChI=1S/C27H19ClN6O4S2.C26H20ClN5O5S/c1-38-27(37)19-11-17(15-33(25(19)35)14-16-5-3-2-4-6-16)23-20(12-29)24(30-13-18-7-8-22(28)40-18)34(31-23)26(36)21-9-10-39-32-21;1-36-26(35)20-9-17(10-24(33)31(20)14-16-5-3-2-4-6-16)19-11-23(29-12-18-7-8-22(27)38-18)32(30-19)25(34)21-13-28-15-37-21/h2-11,15,30H,13-14H2,1H3;2-11,13,15,29H,12,14H2,1H3. The van der Waals surface area contributed by atoms with Crippen molar-refractivity contribution in [1.82, 2.24) is 38.1 Å². The van der Waals surface area contributed by atoms with Gasteiger partial charge in [0.15, 0.2) is 12.2 Å². The van der Waals surface area contributed by atoms with E-state index in [1.807, 2.05) is 72.8 Å². The Morgan fingerprint density at radius 1 is 0.744 bits per heavy atom. The van der Waals surface area contributed by atoms with Crippen LogP contribution in [0.25, 0.3) is 22.5 Å². The van der Waals surface area contributed by atoms with E-state index in [4.69, 9.17) is 37.1 Å². The maximum Gasteiger partial charge on any atom is 0.354 e. The molecule has 0 saturated carbocycles. The summed E-state index contributed by atoms with van der Waals surface area (Å²) in [7, 11) is 2.42. The average molecular weight is 1140 g/mol. The second-order valence-corrected chi connectivity index (χ2v) is 20.8. The van der Waals surface area contributed by atoms with Crippen molar-refractivity contribution in [3.63, 3.8) is 0 Å². The van der Waals surface area contributed by atoms with Crippen LogP contribution >= 0.6 is 57.4 Å². The molecule has 8 aromatic heterocycles. The lowest BCUT2D eigenvalue weighted by molar-refractivity contribution is 0.0582. The topological polar surface area (TPSA) is 253 Å². The highest BCUT2D eigenvalue weighted by atomic mass is 35.5. The van der Waals surface area contributed by atoms with Crippen LogP contribution in [0.2, 0.25) is 8.67 Å². The SMILES string of the molecule is COC(=O)c1cc(-c2cc(NCc3ccc(Cl)s3)n(C(=O)c3cnco3)n2)cc(=O)n1Cc1ccccc1.COC(=O)c1cc(-c2nn(C(=O)c3ccsn3)c(NCc3ccc(Cl)s3)c2C#N)cn(Cc2ccccc2)c1=O. The van der Waals surface area contributed by atoms with Gasteiger partial charge in [-0.15, -0.1) is 22.7 Å². The molecule has 25 heteroatoms. The van der Waals surface area contributed by atoms with Gasteiger partial charge in [0.2, 0.25) is 5.76 Å². The summed E-state index contributed by atoms with van der Waals surface area (Å²) in [4.78, 5) is 83.7. The van der Waals surface area contributed by atoms with E-state index in [9.17, 15) is 34.0 Å². The lowest BCUT2D eigenvalue weighted by atomic mass is 10.1. The summed E-state index contributed by atoms with van der Waals surface area (Å²) < 4.78 is 25.2. The van der Waals surface area contributed by atoms with Gasteiger partial charge in [0.1, 0.15) is 40.1 Å². The van der Waals surface area contributed by atoms with Crippen molar-refractivity contribution in [2.45, 2.75) is 26.2 Å². The molecule has 0 spiro atoms. The number of benzene rings is 2. The molecule has 0 aliphatic rings. The van der Waals surface area contributed by atoms with Gasteiger partial charge in [-0.25, -0.2) is 14.6 Å². The number of nitrogens with one attached hydrogen (secondary N) is 2. The van der Waals surface area contributed by atoms with Crippen LogP contribution in [-0.4, -0.2) is 76.0 Å². The van der Waals surface area contributed by atoms with Crippen molar-refractivity contribution in [2.75, 3.05) is 24.9 Å². The van der Waals surface area contributed by atoms with Crippen LogP contribution in [0.5, 0.6) is 0 Å². The molecule has 0 aliphatic heterocycles. The first-order chi connectivity index (χ1) is 37.8. The fraction of sp³-hybridized carbons (Fsp3) is 0.113. The van der Waals surface area contributed by atoms with Crippen molar-refractivity contribution < 1.29 is 33.1 Å². The molecule has 78 heavy (non-hydrogen) atoms. The number of nitriles is 1. The van der Waals surface area contributed by atoms with E-state index in [2.05, 4.69) is 36.3 Å².